The molecule has 0 spiro atoms. The molecule has 2 amide bonds. The Morgan fingerprint density at radius 2 is 1.62 bits per heavy atom. The Kier molecular flexibility index (Phi) is 13.1. The monoisotopic (exact) mass is 707 g/mol. The van der Waals surface area contributed by atoms with Crippen molar-refractivity contribution in [3.8, 4) is 11.1 Å². The molecular weight excluding hydrogens is 658 g/mol. The van der Waals surface area contributed by atoms with E-state index >= 15 is 0 Å². The second-order valence-corrected chi connectivity index (χ2v) is 13.5. The number of rotatable bonds is 14. The summed E-state index contributed by atoms with van der Waals surface area (Å²) in [6.45, 7) is 2.80. The number of hydrogen-bond donors (Lipinski definition) is 3. The summed E-state index contributed by atoms with van der Waals surface area (Å²) >= 11 is 0. The van der Waals surface area contributed by atoms with Crippen molar-refractivity contribution in [1.29, 1.82) is 0 Å². The minimum absolute atomic E-state index is 0.00210. The lowest BCUT2D eigenvalue weighted by Gasteiger charge is -2.39. The van der Waals surface area contributed by atoms with Crippen molar-refractivity contribution in [2.45, 2.75) is 69.4 Å². The van der Waals surface area contributed by atoms with E-state index in [1.54, 1.807) is 7.11 Å². The quantitative estimate of drug-likeness (QED) is 0.135. The Morgan fingerprint density at radius 3 is 2.37 bits per heavy atom. The zero-order chi connectivity index (χ0) is 36.3. The molecule has 0 aliphatic carbocycles. The number of urea groups is 1. The summed E-state index contributed by atoms with van der Waals surface area (Å²) < 4.78 is 23.8. The van der Waals surface area contributed by atoms with Gasteiger partial charge in [-0.15, -0.1) is 0 Å². The van der Waals surface area contributed by atoms with Gasteiger partial charge in [-0.1, -0.05) is 91.0 Å². The molecule has 2 heterocycles. The lowest BCUT2D eigenvalue weighted by molar-refractivity contribution is -0.253. The highest BCUT2D eigenvalue weighted by atomic mass is 16.7. The Morgan fingerprint density at radius 1 is 0.865 bits per heavy atom. The first-order chi connectivity index (χ1) is 25.4. The number of amides is 2. The molecule has 0 aromatic heterocycles. The number of hydrogen-bond acceptors (Lipinski definition) is 8. The zero-order valence-corrected chi connectivity index (χ0v) is 29.9. The van der Waals surface area contributed by atoms with Crippen LogP contribution in [0.3, 0.4) is 0 Å². The van der Waals surface area contributed by atoms with Gasteiger partial charge in [0, 0.05) is 44.6 Å². The van der Waals surface area contributed by atoms with Crippen LogP contribution in [-0.4, -0.2) is 74.1 Å². The predicted molar refractivity (Wildman–Crippen MR) is 198 cm³/mol. The number of nitrogens with zero attached hydrogens (tertiary/aromatic N) is 1. The number of aliphatic hydroxyl groups is 1. The summed E-state index contributed by atoms with van der Waals surface area (Å²) in [4.78, 5) is 27.8. The number of ether oxygens (including phenoxy) is 4. The van der Waals surface area contributed by atoms with E-state index in [1.165, 1.54) is 7.11 Å². The van der Waals surface area contributed by atoms with Gasteiger partial charge in [0.1, 0.15) is 6.04 Å². The van der Waals surface area contributed by atoms with Crippen LogP contribution in [0.5, 0.6) is 0 Å². The first-order valence-electron chi connectivity index (χ1n) is 18.0. The molecular formula is C42H49N3O7. The van der Waals surface area contributed by atoms with E-state index in [0.717, 1.165) is 71.3 Å². The van der Waals surface area contributed by atoms with Gasteiger partial charge in [0.25, 0.3) is 0 Å². The molecule has 2 saturated heterocycles. The fourth-order valence-electron chi connectivity index (χ4n) is 7.11. The van der Waals surface area contributed by atoms with Crippen molar-refractivity contribution >= 4 is 12.0 Å². The Balaban J connectivity index is 1.14. The Bertz CT molecular complexity index is 1750. The second kappa shape index (κ2) is 18.3. The fraction of sp³-hybridized carbons (Fsp3) is 0.381. The first kappa shape index (κ1) is 37.2. The summed E-state index contributed by atoms with van der Waals surface area (Å²) in [5, 5.41) is 15.2. The average molecular weight is 708 g/mol. The van der Waals surface area contributed by atoms with Crippen LogP contribution in [0.4, 0.5) is 4.79 Å². The van der Waals surface area contributed by atoms with Gasteiger partial charge in [-0.3, -0.25) is 4.90 Å². The molecule has 5 atom stereocenters. The number of likely N-dealkylation sites (tertiary alicyclic amines) is 1. The fourth-order valence-corrected chi connectivity index (χ4v) is 7.11. The van der Waals surface area contributed by atoms with Crippen LogP contribution >= 0.6 is 0 Å². The number of nitrogens with one attached hydrogen (secondary N) is 2. The van der Waals surface area contributed by atoms with Crippen LogP contribution in [0.1, 0.15) is 59.5 Å². The number of methoxy groups -OCH3 is 2. The van der Waals surface area contributed by atoms with Gasteiger partial charge >= 0.3 is 12.0 Å². The molecule has 2 aliphatic heterocycles. The van der Waals surface area contributed by atoms with Crippen LogP contribution in [-0.2, 0) is 43.3 Å². The van der Waals surface area contributed by atoms with Gasteiger partial charge in [-0.2, -0.15) is 0 Å². The lowest BCUT2D eigenvalue weighted by Crippen LogP contribution is -2.47. The molecule has 4 aromatic carbocycles. The van der Waals surface area contributed by atoms with Gasteiger partial charge in [0.15, 0.2) is 6.29 Å². The van der Waals surface area contributed by atoms with E-state index in [4.69, 9.17) is 18.9 Å². The minimum atomic E-state index is -0.813. The van der Waals surface area contributed by atoms with Crippen LogP contribution in [0.2, 0.25) is 0 Å². The third kappa shape index (κ3) is 9.84. The smallest absolute Gasteiger partial charge is 0.328 e. The highest BCUT2D eigenvalue weighted by Gasteiger charge is 2.35. The molecule has 3 N–H and O–H groups in total. The zero-order valence-electron chi connectivity index (χ0n) is 29.9. The van der Waals surface area contributed by atoms with Gasteiger partial charge in [-0.25, -0.2) is 9.59 Å². The van der Waals surface area contributed by atoms with Gasteiger partial charge in [0.2, 0.25) is 0 Å². The molecule has 0 saturated carbocycles. The second-order valence-electron chi connectivity index (χ2n) is 13.5. The number of aliphatic hydroxyl groups excluding tert-OH is 1. The molecule has 2 fully saturated rings. The number of carbonyl (C=O) groups is 2. The first-order valence-corrected chi connectivity index (χ1v) is 18.0. The van der Waals surface area contributed by atoms with E-state index < -0.39 is 24.3 Å². The maximum absolute atomic E-state index is 12.9. The number of carbonyl (C=O) groups excluding carboxylic acids is 2. The summed E-state index contributed by atoms with van der Waals surface area (Å²) in [7, 11) is 3.07. The van der Waals surface area contributed by atoms with Gasteiger partial charge in [-0.05, 0) is 64.9 Å². The molecule has 52 heavy (non-hydrogen) atoms. The van der Waals surface area contributed by atoms with Crippen molar-refractivity contribution in [3.05, 3.63) is 131 Å². The maximum atomic E-state index is 12.9. The summed E-state index contributed by atoms with van der Waals surface area (Å²) in [6, 6.07) is 32.8. The van der Waals surface area contributed by atoms with E-state index in [2.05, 4.69) is 27.7 Å². The van der Waals surface area contributed by atoms with Crippen LogP contribution in [0.15, 0.2) is 103 Å². The highest BCUT2D eigenvalue weighted by molar-refractivity contribution is 5.83. The molecule has 274 valence electrons. The maximum Gasteiger partial charge on any atom is 0.328 e. The molecule has 6 rings (SSSR count). The van der Waals surface area contributed by atoms with E-state index in [-0.39, 0.29) is 25.4 Å². The molecule has 0 unspecified atom stereocenters. The van der Waals surface area contributed by atoms with E-state index in [9.17, 15) is 14.7 Å². The summed E-state index contributed by atoms with van der Waals surface area (Å²) in [6.07, 6.45) is 2.53. The largest absolute Gasteiger partial charge is 0.467 e. The third-order valence-electron chi connectivity index (χ3n) is 9.86. The van der Waals surface area contributed by atoms with Crippen molar-refractivity contribution in [1.82, 2.24) is 15.5 Å². The summed E-state index contributed by atoms with van der Waals surface area (Å²) in [5.74, 6) is -0.504. The Labute approximate surface area is 306 Å². The predicted octanol–water partition coefficient (Wildman–Crippen LogP) is 6.09. The molecule has 10 heteroatoms. The van der Waals surface area contributed by atoms with Crippen LogP contribution in [0, 0.1) is 0 Å². The molecule has 0 bridgehead atoms. The Hall–Kier alpha value is -4.58. The lowest BCUT2D eigenvalue weighted by atomic mass is 9.98. The molecule has 10 nitrogen and oxygen atoms in total. The normalized spacial score (nSPS) is 21.0. The van der Waals surface area contributed by atoms with Gasteiger partial charge < -0.3 is 34.7 Å². The van der Waals surface area contributed by atoms with Crippen LogP contribution in [0.25, 0.3) is 11.1 Å². The minimum Gasteiger partial charge on any atom is -0.467 e. The standard InChI is InChI=1S/C42H49N3O7/c1-49-28-36-15-8-20-45(36)26-37-24-39(32-18-16-30(27-46)17-19-32)52-41(51-37)35-14-7-13-34(23-35)33-12-6-11-31(21-33)25-43-42(48)44-38(40(47)50-2)22-29-9-4-3-5-10-29/h3-7,9-14,16-19,21,23,36-39,41,46H,8,15,20,22,24-28H2,1-2H3,(H2,43,44,48)/t36-,37+,38-,39-,41-/m0/s1. The molecule has 2 aliphatic rings. The molecule has 0 radical (unpaired) electrons. The average Bonchev–Trinajstić information content (AvgIpc) is 3.63. The van der Waals surface area contributed by atoms with E-state index in [0.29, 0.717) is 19.1 Å². The highest BCUT2D eigenvalue weighted by Crippen LogP contribution is 2.39. The topological polar surface area (TPSA) is 119 Å². The SMILES string of the molecule is COC[C@@H]1CCCN1C[C@H]1C[C@@H](c2ccc(CO)cc2)O[C@@H](c2cccc(-c3cccc(CNC(=O)N[C@@H](Cc4ccccc4)C(=O)OC)c3)c2)O1. The van der Waals surface area contributed by atoms with Crippen molar-refractivity contribution in [2.75, 3.05) is 33.9 Å². The number of esters is 1. The number of benzene rings is 4. The van der Waals surface area contributed by atoms with Crippen molar-refractivity contribution in [2.24, 2.45) is 0 Å². The van der Waals surface area contributed by atoms with Crippen molar-refractivity contribution < 1.29 is 33.6 Å². The van der Waals surface area contributed by atoms with Crippen LogP contribution < -0.4 is 10.6 Å². The molecule has 4 aromatic rings. The van der Waals surface area contributed by atoms with Gasteiger partial charge in [0.05, 0.1) is 32.5 Å². The van der Waals surface area contributed by atoms with E-state index in [1.807, 2.05) is 91.0 Å². The third-order valence-corrected chi connectivity index (χ3v) is 9.86. The van der Waals surface area contributed by atoms with Crippen molar-refractivity contribution in [3.63, 3.8) is 0 Å². The summed E-state index contributed by atoms with van der Waals surface area (Å²) in [5.41, 5.74) is 6.65.